The summed E-state index contributed by atoms with van der Waals surface area (Å²) in [5, 5.41) is 10.8. The van der Waals surface area contributed by atoms with E-state index in [0.717, 1.165) is 5.69 Å². The topological polar surface area (TPSA) is 116 Å². The number of hydrogen-bond donors (Lipinski definition) is 1. The Hall–Kier alpha value is -2.36. The van der Waals surface area contributed by atoms with Gasteiger partial charge in [-0.15, -0.1) is 0 Å². The highest BCUT2D eigenvalue weighted by Gasteiger charge is 2.31. The second-order valence-electron chi connectivity index (χ2n) is 6.06. The minimum Gasteiger partial charge on any atom is -0.479 e. The molecule has 25 heavy (non-hydrogen) atoms. The van der Waals surface area contributed by atoms with E-state index in [-0.39, 0.29) is 29.9 Å². The monoisotopic (exact) mass is 368 g/mol. The number of amides is 1. The third-order valence-electron chi connectivity index (χ3n) is 4.02. The molecule has 1 aliphatic rings. The zero-order chi connectivity index (χ0) is 18.0. The highest BCUT2D eigenvalue weighted by atomic mass is 32.2. The van der Waals surface area contributed by atoms with Crippen LogP contribution in [0.5, 0.6) is 5.88 Å². The highest BCUT2D eigenvalue weighted by Crippen LogP contribution is 2.27. The number of carbonyl (C=O) groups is 1. The number of sulfone groups is 1. The van der Waals surface area contributed by atoms with Crippen LogP contribution >= 0.6 is 0 Å². The number of aryl methyl sites for hydroxylation is 2. The first-order valence-electron chi connectivity index (χ1n) is 7.92. The average Bonchev–Trinajstić information content (AvgIpc) is 3.24. The predicted octanol–water partition coefficient (Wildman–Crippen LogP) is 1.12. The van der Waals surface area contributed by atoms with Crippen molar-refractivity contribution in [1.29, 1.82) is 0 Å². The first kappa shape index (κ1) is 17.5. The quantitative estimate of drug-likeness (QED) is 0.812. The predicted molar refractivity (Wildman–Crippen MR) is 89.3 cm³/mol. The number of aromatic nitrogens is 3. The largest absolute Gasteiger partial charge is 0.479 e. The number of hydrogen-bond acceptors (Lipinski definition) is 7. The van der Waals surface area contributed by atoms with Gasteiger partial charge >= 0.3 is 0 Å². The highest BCUT2D eigenvalue weighted by molar-refractivity contribution is 7.91. The molecule has 0 spiro atoms. The summed E-state index contributed by atoms with van der Waals surface area (Å²) in [5.74, 6) is 1.42. The van der Waals surface area contributed by atoms with Crippen molar-refractivity contribution < 1.29 is 22.5 Å². The molecular weight excluding hydrogens is 348 g/mol. The Morgan fingerprint density at radius 1 is 1.48 bits per heavy atom. The van der Waals surface area contributed by atoms with Crippen LogP contribution in [0.3, 0.4) is 0 Å². The summed E-state index contributed by atoms with van der Waals surface area (Å²) >= 11 is 0. The molecule has 2 aromatic heterocycles. The summed E-state index contributed by atoms with van der Waals surface area (Å²) < 4.78 is 35.0. The van der Waals surface area contributed by atoms with Gasteiger partial charge in [0, 0.05) is 25.0 Å². The fourth-order valence-electron chi connectivity index (χ4n) is 2.81. The summed E-state index contributed by atoms with van der Waals surface area (Å²) in [6.45, 7) is 1.80. The molecule has 1 fully saturated rings. The number of rotatable bonds is 6. The summed E-state index contributed by atoms with van der Waals surface area (Å²) in [7, 11) is -1.54. The standard InChI is InChI=1S/C15H20N4O5S/c1-10-7-13(19(17-10)11-5-6-25(21,22)9-11)16-14(20)4-3-12-8-15(23-2)18-24-12/h7-8,11H,3-6,9H2,1-2H3,(H,16,20). The van der Waals surface area contributed by atoms with Crippen molar-refractivity contribution in [2.24, 2.45) is 0 Å². The summed E-state index contributed by atoms with van der Waals surface area (Å²) in [4.78, 5) is 12.2. The smallest absolute Gasteiger partial charge is 0.254 e. The van der Waals surface area contributed by atoms with Crippen LogP contribution in [0.1, 0.15) is 30.3 Å². The molecule has 3 rings (SSSR count). The molecule has 1 amide bonds. The van der Waals surface area contributed by atoms with Gasteiger partial charge in [-0.1, -0.05) is 0 Å². The van der Waals surface area contributed by atoms with E-state index in [1.54, 1.807) is 23.7 Å². The summed E-state index contributed by atoms with van der Waals surface area (Å²) in [6.07, 6.45) is 1.09. The molecule has 0 saturated carbocycles. The van der Waals surface area contributed by atoms with Crippen molar-refractivity contribution in [1.82, 2.24) is 14.9 Å². The molecule has 0 bridgehead atoms. The van der Waals surface area contributed by atoms with Crippen molar-refractivity contribution >= 4 is 21.6 Å². The number of nitrogens with zero attached hydrogens (tertiary/aromatic N) is 3. The van der Waals surface area contributed by atoms with Crippen LogP contribution in [-0.2, 0) is 21.1 Å². The van der Waals surface area contributed by atoms with E-state index in [1.165, 1.54) is 7.11 Å². The molecule has 2 aromatic rings. The van der Waals surface area contributed by atoms with Crippen LogP contribution in [0.2, 0.25) is 0 Å². The molecule has 0 aromatic carbocycles. The van der Waals surface area contributed by atoms with Gasteiger partial charge in [0.2, 0.25) is 5.91 Å². The first-order valence-corrected chi connectivity index (χ1v) is 9.74. The fourth-order valence-corrected chi connectivity index (χ4v) is 4.50. The first-order chi connectivity index (χ1) is 11.9. The van der Waals surface area contributed by atoms with Gasteiger partial charge in [-0.25, -0.2) is 13.1 Å². The molecule has 136 valence electrons. The molecule has 10 heteroatoms. The number of anilines is 1. The Labute approximate surface area is 145 Å². The minimum atomic E-state index is -3.03. The molecule has 0 aliphatic carbocycles. The van der Waals surface area contributed by atoms with E-state index in [1.807, 2.05) is 0 Å². The van der Waals surface area contributed by atoms with Crippen LogP contribution in [0.25, 0.3) is 0 Å². The van der Waals surface area contributed by atoms with Crippen LogP contribution in [0.4, 0.5) is 5.82 Å². The summed E-state index contributed by atoms with van der Waals surface area (Å²) in [6, 6.07) is 3.12. The van der Waals surface area contributed by atoms with Crippen molar-refractivity contribution in [3.8, 4) is 5.88 Å². The maximum atomic E-state index is 12.2. The lowest BCUT2D eigenvalue weighted by molar-refractivity contribution is -0.116. The van der Waals surface area contributed by atoms with Crippen LogP contribution in [0.15, 0.2) is 16.7 Å². The molecular formula is C15H20N4O5S. The van der Waals surface area contributed by atoms with Crippen molar-refractivity contribution in [2.75, 3.05) is 23.9 Å². The molecule has 9 nitrogen and oxygen atoms in total. The zero-order valence-corrected chi connectivity index (χ0v) is 14.9. The van der Waals surface area contributed by atoms with E-state index >= 15 is 0 Å². The molecule has 3 heterocycles. The Balaban J connectivity index is 1.63. The van der Waals surface area contributed by atoms with Crippen LogP contribution < -0.4 is 10.1 Å². The Morgan fingerprint density at radius 2 is 2.28 bits per heavy atom. The lowest BCUT2D eigenvalue weighted by Gasteiger charge is -2.13. The minimum absolute atomic E-state index is 0.0504. The Morgan fingerprint density at radius 3 is 2.92 bits per heavy atom. The number of ether oxygens (including phenoxy) is 1. The third-order valence-corrected chi connectivity index (χ3v) is 5.77. The van der Waals surface area contributed by atoms with Gasteiger partial charge in [0.1, 0.15) is 11.6 Å². The van der Waals surface area contributed by atoms with Gasteiger partial charge in [0.05, 0.1) is 30.4 Å². The number of nitrogens with one attached hydrogen (secondary N) is 1. The second kappa shape index (κ2) is 6.87. The van der Waals surface area contributed by atoms with Crippen LogP contribution in [0, 0.1) is 6.92 Å². The lowest BCUT2D eigenvalue weighted by Crippen LogP contribution is -2.19. The fraction of sp³-hybridized carbons (Fsp3) is 0.533. The van der Waals surface area contributed by atoms with E-state index in [0.29, 0.717) is 30.3 Å². The van der Waals surface area contributed by atoms with Crippen molar-refractivity contribution in [3.05, 3.63) is 23.6 Å². The van der Waals surface area contributed by atoms with Crippen molar-refractivity contribution in [2.45, 2.75) is 32.2 Å². The second-order valence-corrected chi connectivity index (χ2v) is 8.28. The SMILES string of the molecule is COc1cc(CCC(=O)Nc2cc(C)nn2C2CCS(=O)(=O)C2)on1. The maximum Gasteiger partial charge on any atom is 0.254 e. The molecule has 1 saturated heterocycles. The molecule has 1 unspecified atom stereocenters. The maximum absolute atomic E-state index is 12.2. The zero-order valence-electron chi connectivity index (χ0n) is 14.1. The van der Waals surface area contributed by atoms with Gasteiger partial charge in [-0.3, -0.25) is 4.79 Å². The summed E-state index contributed by atoms with van der Waals surface area (Å²) in [5.41, 5.74) is 0.722. The van der Waals surface area contributed by atoms with Crippen LogP contribution in [-0.4, -0.2) is 47.9 Å². The van der Waals surface area contributed by atoms with Gasteiger partial charge in [0.15, 0.2) is 9.84 Å². The molecule has 1 aliphatic heterocycles. The van der Waals surface area contributed by atoms with Gasteiger partial charge in [-0.05, 0) is 18.5 Å². The van der Waals surface area contributed by atoms with E-state index in [4.69, 9.17) is 9.26 Å². The van der Waals surface area contributed by atoms with Gasteiger partial charge in [-0.2, -0.15) is 5.10 Å². The number of carbonyl (C=O) groups excluding carboxylic acids is 1. The Bertz CT molecular complexity index is 870. The molecule has 0 radical (unpaired) electrons. The van der Waals surface area contributed by atoms with E-state index in [9.17, 15) is 13.2 Å². The molecule has 1 atom stereocenters. The third kappa shape index (κ3) is 4.19. The van der Waals surface area contributed by atoms with E-state index < -0.39 is 9.84 Å². The van der Waals surface area contributed by atoms with E-state index in [2.05, 4.69) is 15.6 Å². The van der Waals surface area contributed by atoms with Gasteiger partial charge in [0.25, 0.3) is 5.88 Å². The number of methoxy groups -OCH3 is 1. The van der Waals surface area contributed by atoms with Crippen molar-refractivity contribution in [3.63, 3.8) is 0 Å². The van der Waals surface area contributed by atoms with Gasteiger partial charge < -0.3 is 14.6 Å². The normalized spacial score (nSPS) is 19.0. The Kier molecular flexibility index (Phi) is 4.80. The molecule has 1 N–H and O–H groups in total. The average molecular weight is 368 g/mol. The lowest BCUT2D eigenvalue weighted by atomic mass is 10.2.